The second-order valence-corrected chi connectivity index (χ2v) is 8.71. The Balaban J connectivity index is 1.31. The molecule has 2 amide bonds. The van der Waals surface area contributed by atoms with Crippen molar-refractivity contribution in [2.24, 2.45) is 0 Å². The van der Waals surface area contributed by atoms with Crippen molar-refractivity contribution in [1.82, 2.24) is 10.2 Å². The minimum Gasteiger partial charge on any atom is -0.495 e. The molecular formula is C19H15ClN4O5S2. The number of nitrogens with one attached hydrogen (secondary N) is 2. The molecule has 9 nitrogen and oxygen atoms in total. The number of methoxy groups -OCH3 is 1. The number of amides is 2. The van der Waals surface area contributed by atoms with Crippen molar-refractivity contribution in [2.45, 2.75) is 4.34 Å². The molecule has 0 aliphatic carbocycles. The summed E-state index contributed by atoms with van der Waals surface area (Å²) in [5.41, 5.74) is 0.887. The molecule has 0 unspecified atom stereocenters. The van der Waals surface area contributed by atoms with Crippen molar-refractivity contribution >= 4 is 57.3 Å². The number of rotatable bonds is 7. The zero-order valence-corrected chi connectivity index (χ0v) is 18.4. The van der Waals surface area contributed by atoms with Crippen molar-refractivity contribution < 1.29 is 23.8 Å². The summed E-state index contributed by atoms with van der Waals surface area (Å²) in [6.07, 6.45) is 0. The normalized spacial score (nSPS) is 11.8. The Bertz CT molecular complexity index is 1140. The highest BCUT2D eigenvalue weighted by Crippen LogP contribution is 2.33. The maximum absolute atomic E-state index is 12.4. The maximum atomic E-state index is 12.4. The smallest absolute Gasteiger partial charge is 0.257 e. The summed E-state index contributed by atoms with van der Waals surface area (Å²) in [6, 6.07) is 9.86. The van der Waals surface area contributed by atoms with Crippen LogP contribution in [0.1, 0.15) is 10.4 Å². The van der Waals surface area contributed by atoms with Crippen LogP contribution in [-0.2, 0) is 4.79 Å². The molecule has 0 saturated carbocycles. The Morgan fingerprint density at radius 2 is 2.00 bits per heavy atom. The molecule has 0 radical (unpaired) electrons. The topological polar surface area (TPSA) is 112 Å². The minimum atomic E-state index is -0.350. The number of thioether (sulfide) groups is 1. The quantitative estimate of drug-likeness (QED) is 0.388. The van der Waals surface area contributed by atoms with Crippen LogP contribution in [0.25, 0.3) is 0 Å². The number of halogens is 1. The van der Waals surface area contributed by atoms with Gasteiger partial charge in [0.05, 0.1) is 18.6 Å². The van der Waals surface area contributed by atoms with Gasteiger partial charge in [0.25, 0.3) is 5.91 Å². The van der Waals surface area contributed by atoms with Crippen molar-refractivity contribution in [1.29, 1.82) is 0 Å². The second kappa shape index (κ2) is 9.41. The number of hydrogen-bond donors (Lipinski definition) is 2. The number of hydrogen-bond acceptors (Lipinski definition) is 9. The average molecular weight is 479 g/mol. The van der Waals surface area contributed by atoms with Crippen LogP contribution in [0.5, 0.6) is 17.2 Å². The van der Waals surface area contributed by atoms with Crippen LogP contribution in [0.2, 0.25) is 5.02 Å². The molecule has 2 N–H and O–H groups in total. The molecule has 0 saturated heterocycles. The molecule has 2 aromatic carbocycles. The SMILES string of the molecule is COc1ccc(Cl)cc1NC(=O)CSc1nnc(NC(=O)c2ccc3c(c2)OCO3)s1. The van der Waals surface area contributed by atoms with Gasteiger partial charge in [0.2, 0.25) is 17.8 Å². The number of anilines is 2. The van der Waals surface area contributed by atoms with Gasteiger partial charge in [-0.2, -0.15) is 0 Å². The van der Waals surface area contributed by atoms with E-state index in [-0.39, 0.29) is 24.4 Å². The molecule has 0 bridgehead atoms. The van der Waals surface area contributed by atoms with Crippen molar-refractivity contribution in [3.05, 3.63) is 47.0 Å². The molecule has 0 atom stereocenters. The lowest BCUT2D eigenvalue weighted by Gasteiger charge is -2.09. The van der Waals surface area contributed by atoms with E-state index in [1.165, 1.54) is 30.2 Å². The van der Waals surface area contributed by atoms with Gasteiger partial charge in [-0.3, -0.25) is 14.9 Å². The van der Waals surface area contributed by atoms with E-state index in [0.29, 0.717) is 43.0 Å². The van der Waals surface area contributed by atoms with E-state index < -0.39 is 0 Å². The molecule has 3 aromatic rings. The van der Waals surface area contributed by atoms with Crippen LogP contribution >= 0.6 is 34.7 Å². The van der Waals surface area contributed by atoms with Gasteiger partial charge < -0.3 is 19.5 Å². The minimum absolute atomic E-state index is 0.0976. The Kier molecular flexibility index (Phi) is 6.44. The summed E-state index contributed by atoms with van der Waals surface area (Å²) in [7, 11) is 1.51. The molecule has 12 heteroatoms. The maximum Gasteiger partial charge on any atom is 0.257 e. The van der Waals surface area contributed by atoms with Gasteiger partial charge in [-0.05, 0) is 36.4 Å². The third-order valence-corrected chi connectivity index (χ3v) is 6.23. The lowest BCUT2D eigenvalue weighted by atomic mass is 10.2. The number of carbonyl (C=O) groups excluding carboxylic acids is 2. The summed E-state index contributed by atoms with van der Waals surface area (Å²) in [6.45, 7) is 0.134. The van der Waals surface area contributed by atoms with Crippen LogP contribution in [0.4, 0.5) is 10.8 Å². The first-order chi connectivity index (χ1) is 15.0. The molecule has 1 aliphatic rings. The number of aromatic nitrogens is 2. The van der Waals surface area contributed by atoms with Crippen LogP contribution in [0, 0.1) is 0 Å². The third kappa shape index (κ3) is 5.19. The van der Waals surface area contributed by atoms with E-state index in [9.17, 15) is 9.59 Å². The fourth-order valence-corrected chi connectivity index (χ4v) is 4.34. The number of benzene rings is 2. The first kappa shape index (κ1) is 21.2. The predicted octanol–water partition coefficient (Wildman–Crippen LogP) is 3.91. The Hall–Kier alpha value is -3.02. The van der Waals surface area contributed by atoms with E-state index in [2.05, 4.69) is 20.8 Å². The Labute approximate surface area is 190 Å². The fraction of sp³-hybridized carbons (Fsp3) is 0.158. The average Bonchev–Trinajstić information content (AvgIpc) is 3.41. The lowest BCUT2D eigenvalue weighted by Crippen LogP contribution is -2.14. The number of fused-ring (bicyclic) bond motifs is 1. The van der Waals surface area contributed by atoms with Gasteiger partial charge in [-0.25, -0.2) is 0 Å². The molecule has 31 heavy (non-hydrogen) atoms. The Morgan fingerprint density at radius 3 is 2.84 bits per heavy atom. The Morgan fingerprint density at radius 1 is 1.16 bits per heavy atom. The summed E-state index contributed by atoms with van der Waals surface area (Å²) < 4.78 is 16.3. The van der Waals surface area contributed by atoms with E-state index >= 15 is 0 Å². The van der Waals surface area contributed by atoms with E-state index in [1.54, 1.807) is 36.4 Å². The van der Waals surface area contributed by atoms with Gasteiger partial charge in [0.1, 0.15) is 5.75 Å². The fourth-order valence-electron chi connectivity index (χ4n) is 2.62. The van der Waals surface area contributed by atoms with Crippen molar-refractivity contribution in [2.75, 3.05) is 30.3 Å². The van der Waals surface area contributed by atoms with Gasteiger partial charge in [-0.15, -0.1) is 10.2 Å². The molecule has 1 aromatic heterocycles. The zero-order chi connectivity index (χ0) is 21.8. The highest BCUT2D eigenvalue weighted by molar-refractivity contribution is 8.01. The van der Waals surface area contributed by atoms with Crippen molar-refractivity contribution in [3.63, 3.8) is 0 Å². The second-order valence-electron chi connectivity index (χ2n) is 6.08. The van der Waals surface area contributed by atoms with Crippen molar-refractivity contribution in [3.8, 4) is 17.2 Å². The van der Waals surface area contributed by atoms with E-state index in [0.717, 1.165) is 0 Å². The molecule has 1 aliphatic heterocycles. The molecule has 2 heterocycles. The van der Waals surface area contributed by atoms with Crippen LogP contribution in [0.3, 0.4) is 0 Å². The number of carbonyl (C=O) groups is 2. The number of nitrogens with zero attached hydrogens (tertiary/aromatic N) is 2. The standard InChI is InChI=1S/C19H15ClN4O5S2/c1-27-13-5-3-11(20)7-12(13)21-16(25)8-30-19-24-23-18(31-19)22-17(26)10-2-4-14-15(6-10)29-9-28-14/h2-7H,8-9H2,1H3,(H,21,25)(H,22,23,26). The summed E-state index contributed by atoms with van der Waals surface area (Å²) >= 11 is 8.33. The molecule has 4 rings (SSSR count). The van der Waals surface area contributed by atoms with Crippen LogP contribution < -0.4 is 24.8 Å². The van der Waals surface area contributed by atoms with Gasteiger partial charge in [-0.1, -0.05) is 34.7 Å². The molecule has 0 spiro atoms. The van der Waals surface area contributed by atoms with Gasteiger partial charge in [0.15, 0.2) is 15.8 Å². The third-order valence-electron chi connectivity index (χ3n) is 4.02. The summed E-state index contributed by atoms with van der Waals surface area (Å²) in [5.74, 6) is 1.11. The van der Waals surface area contributed by atoms with Crippen LogP contribution in [0.15, 0.2) is 40.7 Å². The zero-order valence-electron chi connectivity index (χ0n) is 16.0. The first-order valence-electron chi connectivity index (χ1n) is 8.82. The van der Waals surface area contributed by atoms with Gasteiger partial charge in [0, 0.05) is 10.6 Å². The number of ether oxygens (including phenoxy) is 3. The van der Waals surface area contributed by atoms with E-state index in [4.69, 9.17) is 25.8 Å². The molecule has 0 fully saturated rings. The monoisotopic (exact) mass is 478 g/mol. The van der Waals surface area contributed by atoms with Crippen LogP contribution in [-0.4, -0.2) is 41.7 Å². The molecule has 160 valence electrons. The predicted molar refractivity (Wildman–Crippen MR) is 118 cm³/mol. The highest BCUT2D eigenvalue weighted by atomic mass is 35.5. The largest absolute Gasteiger partial charge is 0.495 e. The lowest BCUT2D eigenvalue weighted by molar-refractivity contribution is -0.113. The van der Waals surface area contributed by atoms with E-state index in [1.807, 2.05) is 0 Å². The highest BCUT2D eigenvalue weighted by Gasteiger charge is 2.18. The molecular weight excluding hydrogens is 464 g/mol. The summed E-state index contributed by atoms with van der Waals surface area (Å²) in [4.78, 5) is 24.7. The first-order valence-corrected chi connectivity index (χ1v) is 11.0. The van der Waals surface area contributed by atoms with Gasteiger partial charge >= 0.3 is 0 Å². The summed E-state index contributed by atoms with van der Waals surface area (Å²) in [5, 5.41) is 14.2.